The van der Waals surface area contributed by atoms with Gasteiger partial charge in [-0.25, -0.2) is 0 Å². The first-order valence-electron chi connectivity index (χ1n) is 11.5. The summed E-state index contributed by atoms with van der Waals surface area (Å²) in [5.74, 6) is 0.694. The summed E-state index contributed by atoms with van der Waals surface area (Å²) in [4.78, 5) is 11.7. The highest BCUT2D eigenvalue weighted by molar-refractivity contribution is 5.69. The lowest BCUT2D eigenvalue weighted by molar-refractivity contribution is -0.137. The van der Waals surface area contributed by atoms with Crippen molar-refractivity contribution in [3.05, 3.63) is 125 Å². The molecule has 4 aromatic rings. The predicted octanol–water partition coefficient (Wildman–Crippen LogP) is 6.46. The number of methoxy groups -OCH3 is 1. The maximum Gasteiger partial charge on any atom is 0.304 e. The molecule has 0 heterocycles. The van der Waals surface area contributed by atoms with Crippen LogP contribution in [0.25, 0.3) is 0 Å². The third-order valence-electron chi connectivity index (χ3n) is 5.74. The van der Waals surface area contributed by atoms with Crippen molar-refractivity contribution >= 4 is 5.97 Å². The first kappa shape index (κ1) is 23.9. The van der Waals surface area contributed by atoms with E-state index in [2.05, 4.69) is 0 Å². The number of hydrogen-bond donors (Lipinski definition) is 1. The lowest BCUT2D eigenvalue weighted by Gasteiger charge is -2.19. The molecule has 0 saturated heterocycles. The summed E-state index contributed by atoms with van der Waals surface area (Å²) in [6, 6.07) is 33.0. The van der Waals surface area contributed by atoms with Gasteiger partial charge >= 0.3 is 5.97 Å². The quantitative estimate of drug-likeness (QED) is 0.274. The molecule has 0 amide bonds. The van der Waals surface area contributed by atoms with Crippen molar-refractivity contribution in [2.45, 2.75) is 25.6 Å². The molecule has 178 valence electrons. The van der Waals surface area contributed by atoms with E-state index in [1.54, 1.807) is 7.11 Å². The molecule has 0 aliphatic carbocycles. The molecule has 0 radical (unpaired) electrons. The Balaban J connectivity index is 1.50. The zero-order chi connectivity index (χ0) is 24.5. The van der Waals surface area contributed by atoms with Gasteiger partial charge in [0.1, 0.15) is 19.0 Å². The van der Waals surface area contributed by atoms with Gasteiger partial charge in [-0.15, -0.1) is 0 Å². The maximum atomic E-state index is 11.7. The van der Waals surface area contributed by atoms with E-state index in [9.17, 15) is 9.90 Å². The summed E-state index contributed by atoms with van der Waals surface area (Å²) in [6.07, 6.45) is -0.0441. The van der Waals surface area contributed by atoms with Crippen LogP contribution in [0.5, 0.6) is 17.2 Å². The molecule has 4 rings (SSSR count). The minimum absolute atomic E-state index is 0.0441. The van der Waals surface area contributed by atoms with E-state index in [0.717, 1.165) is 28.0 Å². The summed E-state index contributed by atoms with van der Waals surface area (Å²) >= 11 is 0. The fourth-order valence-electron chi connectivity index (χ4n) is 3.90. The highest BCUT2D eigenvalue weighted by Gasteiger charge is 2.20. The second-order valence-corrected chi connectivity index (χ2v) is 8.18. The normalized spacial score (nSPS) is 11.5. The monoisotopic (exact) mass is 468 g/mol. The molecule has 0 aliphatic heterocycles. The van der Waals surface area contributed by atoms with E-state index in [-0.39, 0.29) is 12.3 Å². The molecule has 0 fully saturated rings. The van der Waals surface area contributed by atoms with E-state index in [4.69, 9.17) is 14.2 Å². The molecule has 4 aromatic carbocycles. The van der Waals surface area contributed by atoms with Gasteiger partial charge < -0.3 is 19.3 Å². The van der Waals surface area contributed by atoms with Crippen molar-refractivity contribution in [1.29, 1.82) is 0 Å². The lowest BCUT2D eigenvalue weighted by atomic mass is 9.88. The molecule has 1 atom stereocenters. The van der Waals surface area contributed by atoms with Gasteiger partial charge in [0.25, 0.3) is 0 Å². The summed E-state index contributed by atoms with van der Waals surface area (Å²) in [7, 11) is 1.58. The highest BCUT2D eigenvalue weighted by atomic mass is 16.5. The lowest BCUT2D eigenvalue weighted by Crippen LogP contribution is -2.09. The van der Waals surface area contributed by atoms with Gasteiger partial charge in [-0.05, 0) is 46.5 Å². The Morgan fingerprint density at radius 1 is 0.714 bits per heavy atom. The molecule has 5 nitrogen and oxygen atoms in total. The summed E-state index contributed by atoms with van der Waals surface area (Å²) in [6.45, 7) is 0.889. The standard InChI is InChI=1S/C30H28O5/c1-33-29-18-25(14-17-28(29)35-21-23-10-6-3-7-11-23)27(19-30(31)32)24-12-15-26(16-13-24)34-20-22-8-4-2-5-9-22/h2-18,27H,19-21H2,1H3,(H,31,32). The number of rotatable bonds is 11. The zero-order valence-corrected chi connectivity index (χ0v) is 19.6. The van der Waals surface area contributed by atoms with Gasteiger partial charge in [0.2, 0.25) is 0 Å². The number of carboxylic acid groups (broad SMARTS) is 1. The van der Waals surface area contributed by atoms with Crippen LogP contribution in [0.15, 0.2) is 103 Å². The maximum absolute atomic E-state index is 11.7. The van der Waals surface area contributed by atoms with Crippen LogP contribution in [0.4, 0.5) is 0 Å². The van der Waals surface area contributed by atoms with Gasteiger partial charge in [-0.1, -0.05) is 78.9 Å². The van der Waals surface area contributed by atoms with Crippen LogP contribution in [0.1, 0.15) is 34.6 Å². The van der Waals surface area contributed by atoms with E-state index < -0.39 is 5.97 Å². The molecule has 0 bridgehead atoms. The molecule has 0 spiro atoms. The van der Waals surface area contributed by atoms with Gasteiger partial charge in [0.05, 0.1) is 13.5 Å². The van der Waals surface area contributed by atoms with Crippen molar-refractivity contribution < 1.29 is 24.1 Å². The van der Waals surface area contributed by atoms with Gasteiger partial charge in [0.15, 0.2) is 11.5 Å². The Hall–Kier alpha value is -4.25. The molecule has 0 aromatic heterocycles. The number of hydrogen-bond acceptors (Lipinski definition) is 4. The van der Waals surface area contributed by atoms with Crippen LogP contribution >= 0.6 is 0 Å². The average Bonchev–Trinajstić information content (AvgIpc) is 2.91. The largest absolute Gasteiger partial charge is 0.493 e. The number of ether oxygens (including phenoxy) is 3. The molecule has 0 saturated carbocycles. The van der Waals surface area contributed by atoms with Gasteiger partial charge in [-0.3, -0.25) is 4.79 Å². The van der Waals surface area contributed by atoms with Crippen LogP contribution in [0.2, 0.25) is 0 Å². The third kappa shape index (κ3) is 6.64. The van der Waals surface area contributed by atoms with Crippen molar-refractivity contribution in [2.75, 3.05) is 7.11 Å². The molecule has 1 unspecified atom stereocenters. The Kier molecular flexibility index (Phi) is 8.02. The van der Waals surface area contributed by atoms with E-state index >= 15 is 0 Å². The van der Waals surface area contributed by atoms with Crippen LogP contribution in [0, 0.1) is 0 Å². The van der Waals surface area contributed by atoms with Crippen molar-refractivity contribution in [1.82, 2.24) is 0 Å². The predicted molar refractivity (Wildman–Crippen MR) is 135 cm³/mol. The third-order valence-corrected chi connectivity index (χ3v) is 5.74. The second-order valence-electron chi connectivity index (χ2n) is 8.18. The Bertz CT molecular complexity index is 1220. The Morgan fingerprint density at radius 2 is 1.29 bits per heavy atom. The van der Waals surface area contributed by atoms with E-state index in [0.29, 0.717) is 24.7 Å². The van der Waals surface area contributed by atoms with Crippen LogP contribution in [0.3, 0.4) is 0 Å². The first-order valence-corrected chi connectivity index (χ1v) is 11.5. The smallest absolute Gasteiger partial charge is 0.304 e. The molecule has 0 aliphatic rings. The van der Waals surface area contributed by atoms with Gasteiger partial charge in [-0.2, -0.15) is 0 Å². The topological polar surface area (TPSA) is 65.0 Å². The minimum atomic E-state index is -0.872. The zero-order valence-electron chi connectivity index (χ0n) is 19.6. The summed E-state index contributed by atoms with van der Waals surface area (Å²) in [5.41, 5.74) is 3.87. The van der Waals surface area contributed by atoms with E-state index in [1.807, 2.05) is 103 Å². The number of benzene rings is 4. The average molecular weight is 469 g/mol. The Morgan fingerprint density at radius 3 is 1.86 bits per heavy atom. The van der Waals surface area contributed by atoms with Crippen molar-refractivity contribution in [3.63, 3.8) is 0 Å². The highest BCUT2D eigenvalue weighted by Crippen LogP contribution is 2.36. The van der Waals surface area contributed by atoms with Crippen LogP contribution < -0.4 is 14.2 Å². The summed E-state index contributed by atoms with van der Waals surface area (Å²) in [5, 5.41) is 9.58. The fourth-order valence-corrected chi connectivity index (χ4v) is 3.90. The second kappa shape index (κ2) is 11.7. The molecular weight excluding hydrogens is 440 g/mol. The van der Waals surface area contributed by atoms with Gasteiger partial charge in [0, 0.05) is 5.92 Å². The molecule has 1 N–H and O–H groups in total. The fraction of sp³-hybridized carbons (Fsp3) is 0.167. The van der Waals surface area contributed by atoms with Crippen LogP contribution in [-0.2, 0) is 18.0 Å². The first-order chi connectivity index (χ1) is 17.1. The number of aliphatic carboxylic acids is 1. The minimum Gasteiger partial charge on any atom is -0.493 e. The number of carbonyl (C=O) groups is 1. The van der Waals surface area contributed by atoms with Crippen molar-refractivity contribution in [3.8, 4) is 17.2 Å². The van der Waals surface area contributed by atoms with E-state index in [1.165, 1.54) is 0 Å². The molecular formula is C30H28O5. The van der Waals surface area contributed by atoms with Crippen molar-refractivity contribution in [2.24, 2.45) is 0 Å². The molecule has 5 heteroatoms. The van der Waals surface area contributed by atoms with Crippen LogP contribution in [-0.4, -0.2) is 18.2 Å². The Labute approximate surface area is 205 Å². The SMILES string of the molecule is COc1cc(C(CC(=O)O)c2ccc(OCc3ccccc3)cc2)ccc1OCc1ccccc1. The number of carboxylic acids is 1. The summed E-state index contributed by atoms with van der Waals surface area (Å²) < 4.78 is 17.4. The molecule has 35 heavy (non-hydrogen) atoms.